The van der Waals surface area contributed by atoms with E-state index in [2.05, 4.69) is 15.5 Å². The summed E-state index contributed by atoms with van der Waals surface area (Å²) in [4.78, 5) is 2.37. The fraction of sp³-hybridized carbons (Fsp3) is 0.368. The average molecular weight is 377 g/mol. The summed E-state index contributed by atoms with van der Waals surface area (Å²) in [6, 6.07) is 10.5. The number of nitrogens with one attached hydrogen (secondary N) is 2. The Morgan fingerprint density at radius 3 is 2.62 bits per heavy atom. The molecule has 5 nitrogen and oxygen atoms in total. The second kappa shape index (κ2) is 8.05. The molecular weight excluding hydrogens is 353 g/mol. The van der Waals surface area contributed by atoms with E-state index in [1.54, 1.807) is 6.07 Å². The fourth-order valence-electron chi connectivity index (χ4n) is 3.03. The molecule has 0 spiro atoms. The van der Waals surface area contributed by atoms with Crippen molar-refractivity contribution in [3.05, 3.63) is 48.3 Å². The summed E-state index contributed by atoms with van der Waals surface area (Å²) in [5.41, 5.74) is 1.55. The molecule has 1 fully saturated rings. The van der Waals surface area contributed by atoms with Gasteiger partial charge < -0.3 is 15.5 Å². The highest BCUT2D eigenvalue weighted by Gasteiger charge is 2.23. The molecule has 3 rings (SSSR count). The summed E-state index contributed by atoms with van der Waals surface area (Å²) < 4.78 is 39.6. The zero-order chi connectivity index (χ0) is 18.6. The van der Waals surface area contributed by atoms with Gasteiger partial charge in [0.1, 0.15) is 5.82 Å². The highest BCUT2D eigenvalue weighted by molar-refractivity contribution is 7.91. The fourth-order valence-corrected chi connectivity index (χ4v) is 4.48. The van der Waals surface area contributed by atoms with Crippen molar-refractivity contribution in [2.24, 2.45) is 0 Å². The third-order valence-electron chi connectivity index (χ3n) is 4.41. The minimum Gasteiger partial charge on any atom is -0.384 e. The zero-order valence-corrected chi connectivity index (χ0v) is 15.7. The van der Waals surface area contributed by atoms with Gasteiger partial charge in [0, 0.05) is 38.4 Å². The van der Waals surface area contributed by atoms with Crippen molar-refractivity contribution in [3.63, 3.8) is 0 Å². The first kappa shape index (κ1) is 18.7. The minimum atomic E-state index is -3.80. The van der Waals surface area contributed by atoms with E-state index in [4.69, 9.17) is 0 Å². The lowest BCUT2D eigenvalue weighted by molar-refractivity contribution is 0.588. The Morgan fingerprint density at radius 1 is 1.15 bits per heavy atom. The third-order valence-corrected chi connectivity index (χ3v) is 6.22. The molecule has 0 radical (unpaired) electrons. The van der Waals surface area contributed by atoms with Crippen molar-refractivity contribution < 1.29 is 12.8 Å². The molecular formula is C19H24FN3O2S. The van der Waals surface area contributed by atoms with Gasteiger partial charge in [-0.3, -0.25) is 0 Å². The van der Waals surface area contributed by atoms with Crippen molar-refractivity contribution in [3.8, 4) is 0 Å². The molecule has 2 N–H and O–H groups in total. The van der Waals surface area contributed by atoms with Crippen LogP contribution in [0.4, 0.5) is 15.8 Å². The van der Waals surface area contributed by atoms with Crippen LogP contribution in [0, 0.1) is 5.82 Å². The van der Waals surface area contributed by atoms with Crippen LogP contribution in [0.1, 0.15) is 13.3 Å². The van der Waals surface area contributed by atoms with Gasteiger partial charge in [-0.2, -0.15) is 0 Å². The molecule has 7 heteroatoms. The smallest absolute Gasteiger partial charge is 0.208 e. The molecule has 1 aliphatic rings. The van der Waals surface area contributed by atoms with Crippen molar-refractivity contribution in [2.45, 2.75) is 23.1 Å². The van der Waals surface area contributed by atoms with Crippen LogP contribution in [-0.2, 0) is 9.84 Å². The monoisotopic (exact) mass is 377 g/mol. The molecule has 0 amide bonds. The molecule has 0 bridgehead atoms. The zero-order valence-electron chi connectivity index (χ0n) is 14.8. The number of anilines is 2. The number of sulfone groups is 1. The molecule has 2 aromatic rings. The topological polar surface area (TPSA) is 61.4 Å². The Balaban J connectivity index is 2.02. The third kappa shape index (κ3) is 3.99. The second-order valence-electron chi connectivity index (χ2n) is 6.31. The first-order valence-corrected chi connectivity index (χ1v) is 10.3. The van der Waals surface area contributed by atoms with Gasteiger partial charge in [0.05, 0.1) is 15.5 Å². The Hall–Kier alpha value is -2.12. The maximum Gasteiger partial charge on any atom is 0.208 e. The van der Waals surface area contributed by atoms with E-state index in [1.165, 1.54) is 18.2 Å². The van der Waals surface area contributed by atoms with Crippen LogP contribution in [0.3, 0.4) is 0 Å². The van der Waals surface area contributed by atoms with Crippen molar-refractivity contribution in [1.82, 2.24) is 5.32 Å². The van der Waals surface area contributed by atoms with Gasteiger partial charge in [-0.1, -0.05) is 13.0 Å². The maximum absolute atomic E-state index is 13.5. The highest BCUT2D eigenvalue weighted by atomic mass is 32.2. The standard InChI is InChI=1S/C19H24FN3O2S/c1-2-8-22-18-14-16(23-11-9-21-10-12-23)6-7-19(18)26(24,25)17-5-3-4-15(20)13-17/h3-7,13-14,21-22H,2,8-12H2,1H3. The molecule has 0 aromatic heterocycles. The van der Waals surface area contributed by atoms with Crippen LogP contribution in [-0.4, -0.2) is 41.1 Å². The van der Waals surface area contributed by atoms with E-state index < -0.39 is 15.7 Å². The molecule has 26 heavy (non-hydrogen) atoms. The van der Waals surface area contributed by atoms with Crippen molar-refractivity contribution in [1.29, 1.82) is 0 Å². The molecule has 140 valence electrons. The second-order valence-corrected chi connectivity index (χ2v) is 8.22. The van der Waals surface area contributed by atoms with Gasteiger partial charge in [-0.05, 0) is 42.8 Å². The quantitative estimate of drug-likeness (QED) is 0.811. The number of nitrogens with zero attached hydrogens (tertiary/aromatic N) is 1. The number of hydrogen-bond donors (Lipinski definition) is 2. The Labute approximate surface area is 154 Å². The molecule has 0 atom stereocenters. The molecule has 1 aliphatic heterocycles. The van der Waals surface area contributed by atoms with E-state index in [0.29, 0.717) is 12.2 Å². The summed E-state index contributed by atoms with van der Waals surface area (Å²) in [5, 5.41) is 6.52. The number of benzene rings is 2. The van der Waals surface area contributed by atoms with Crippen molar-refractivity contribution >= 4 is 21.2 Å². The summed E-state index contributed by atoms with van der Waals surface area (Å²) in [7, 11) is -3.80. The summed E-state index contributed by atoms with van der Waals surface area (Å²) in [5.74, 6) is -0.563. The summed E-state index contributed by atoms with van der Waals surface area (Å²) in [6.07, 6.45) is 0.872. The van der Waals surface area contributed by atoms with Gasteiger partial charge in [-0.25, -0.2) is 12.8 Å². The average Bonchev–Trinajstić information content (AvgIpc) is 2.67. The van der Waals surface area contributed by atoms with Crippen molar-refractivity contribution in [2.75, 3.05) is 42.9 Å². The SMILES string of the molecule is CCCNc1cc(N2CCNCC2)ccc1S(=O)(=O)c1cccc(F)c1. The minimum absolute atomic E-state index is 0.0352. The molecule has 2 aromatic carbocycles. The maximum atomic E-state index is 13.5. The molecule has 1 heterocycles. The van der Waals surface area contributed by atoms with Crippen LogP contribution < -0.4 is 15.5 Å². The van der Waals surface area contributed by atoms with Crippen LogP contribution >= 0.6 is 0 Å². The van der Waals surface area contributed by atoms with Crippen LogP contribution in [0.5, 0.6) is 0 Å². The van der Waals surface area contributed by atoms with E-state index in [-0.39, 0.29) is 9.79 Å². The van der Waals surface area contributed by atoms with E-state index in [0.717, 1.165) is 44.4 Å². The van der Waals surface area contributed by atoms with Gasteiger partial charge in [0.25, 0.3) is 0 Å². The van der Waals surface area contributed by atoms with E-state index >= 15 is 0 Å². The molecule has 1 saturated heterocycles. The van der Waals surface area contributed by atoms with Crippen LogP contribution in [0.15, 0.2) is 52.3 Å². The summed E-state index contributed by atoms with van der Waals surface area (Å²) >= 11 is 0. The van der Waals surface area contributed by atoms with E-state index in [1.807, 2.05) is 19.1 Å². The van der Waals surface area contributed by atoms with Crippen LogP contribution in [0.2, 0.25) is 0 Å². The number of halogens is 1. The van der Waals surface area contributed by atoms with Gasteiger partial charge in [-0.15, -0.1) is 0 Å². The largest absolute Gasteiger partial charge is 0.384 e. The number of piperazine rings is 1. The Morgan fingerprint density at radius 2 is 1.92 bits per heavy atom. The predicted octanol–water partition coefficient (Wildman–Crippen LogP) is 2.89. The molecule has 0 saturated carbocycles. The lowest BCUT2D eigenvalue weighted by atomic mass is 10.2. The normalized spacial score (nSPS) is 15.1. The lowest BCUT2D eigenvalue weighted by Gasteiger charge is -2.30. The summed E-state index contributed by atoms with van der Waals surface area (Å²) in [6.45, 7) is 6.25. The van der Waals surface area contributed by atoms with Gasteiger partial charge >= 0.3 is 0 Å². The Kier molecular flexibility index (Phi) is 5.78. The highest BCUT2D eigenvalue weighted by Crippen LogP contribution is 2.32. The first-order chi connectivity index (χ1) is 12.5. The molecule has 0 unspecified atom stereocenters. The molecule has 0 aliphatic carbocycles. The number of hydrogen-bond acceptors (Lipinski definition) is 5. The van der Waals surface area contributed by atoms with Crippen LogP contribution in [0.25, 0.3) is 0 Å². The van der Waals surface area contributed by atoms with Gasteiger partial charge in [0.15, 0.2) is 0 Å². The van der Waals surface area contributed by atoms with Gasteiger partial charge in [0.2, 0.25) is 9.84 Å². The predicted molar refractivity (Wildman–Crippen MR) is 102 cm³/mol. The first-order valence-electron chi connectivity index (χ1n) is 8.86. The Bertz CT molecular complexity index is 865. The number of rotatable bonds is 6. The lowest BCUT2D eigenvalue weighted by Crippen LogP contribution is -2.43. The van der Waals surface area contributed by atoms with E-state index in [9.17, 15) is 12.8 Å².